The van der Waals surface area contributed by atoms with Gasteiger partial charge in [0.1, 0.15) is 0 Å². The summed E-state index contributed by atoms with van der Waals surface area (Å²) >= 11 is 0. The summed E-state index contributed by atoms with van der Waals surface area (Å²) < 4.78 is 0. The molecule has 1 atom stereocenters. The lowest BCUT2D eigenvalue weighted by molar-refractivity contribution is 0.285. The topological polar surface area (TPSA) is 58.3 Å². The van der Waals surface area contributed by atoms with Crippen LogP contribution >= 0.6 is 0 Å². The Labute approximate surface area is 84.9 Å². The summed E-state index contributed by atoms with van der Waals surface area (Å²) in [5.74, 6) is 0. The average Bonchev–Trinajstić information content (AvgIpc) is 2.21. The fraction of sp³-hybridized carbons (Fsp3) is 0.455. The Morgan fingerprint density at radius 1 is 1.36 bits per heavy atom. The van der Waals surface area contributed by atoms with Gasteiger partial charge < -0.3 is 16.2 Å². The van der Waals surface area contributed by atoms with E-state index in [9.17, 15) is 0 Å². The van der Waals surface area contributed by atoms with E-state index in [-0.39, 0.29) is 12.6 Å². The minimum Gasteiger partial charge on any atom is -0.395 e. The van der Waals surface area contributed by atoms with E-state index in [1.54, 1.807) is 0 Å². The number of rotatable bonds is 5. The maximum Gasteiger partial charge on any atom is 0.0556 e. The molecule has 0 saturated carbocycles. The van der Waals surface area contributed by atoms with Gasteiger partial charge in [0.05, 0.1) is 6.61 Å². The third-order valence-corrected chi connectivity index (χ3v) is 2.22. The molecule has 1 aromatic carbocycles. The van der Waals surface area contributed by atoms with E-state index >= 15 is 0 Å². The van der Waals surface area contributed by atoms with Crippen molar-refractivity contribution in [3.05, 3.63) is 35.4 Å². The Kier molecular flexibility index (Phi) is 4.59. The van der Waals surface area contributed by atoms with Crippen molar-refractivity contribution in [1.29, 1.82) is 0 Å². The van der Waals surface area contributed by atoms with Crippen LogP contribution < -0.4 is 11.1 Å². The molecule has 0 radical (unpaired) electrons. The van der Waals surface area contributed by atoms with Crippen molar-refractivity contribution in [2.75, 3.05) is 19.7 Å². The predicted octanol–water partition coefficient (Wildman–Crippen LogP) is 0.577. The van der Waals surface area contributed by atoms with Gasteiger partial charge in [-0.05, 0) is 12.5 Å². The maximum atomic E-state index is 8.70. The number of aliphatic hydroxyl groups excluding tert-OH is 1. The molecule has 0 aliphatic rings. The lowest BCUT2D eigenvalue weighted by Crippen LogP contribution is -2.30. The molecule has 3 nitrogen and oxygen atoms in total. The Balaban J connectivity index is 2.64. The molecule has 0 heterocycles. The van der Waals surface area contributed by atoms with Crippen LogP contribution in [0.2, 0.25) is 0 Å². The van der Waals surface area contributed by atoms with E-state index in [1.165, 1.54) is 11.1 Å². The first kappa shape index (κ1) is 11.2. The molecule has 0 aromatic heterocycles. The molecular formula is C11H18N2O. The zero-order chi connectivity index (χ0) is 10.4. The second-order valence-electron chi connectivity index (χ2n) is 3.38. The summed E-state index contributed by atoms with van der Waals surface area (Å²) in [6.45, 7) is 3.32. The number of hydrogen-bond acceptors (Lipinski definition) is 3. The van der Waals surface area contributed by atoms with E-state index in [0.717, 1.165) is 0 Å². The number of hydrogen-bond donors (Lipinski definition) is 3. The van der Waals surface area contributed by atoms with E-state index < -0.39 is 0 Å². The van der Waals surface area contributed by atoms with Gasteiger partial charge in [-0.2, -0.15) is 0 Å². The molecule has 0 amide bonds. The lowest BCUT2D eigenvalue weighted by atomic mass is 10.1. The van der Waals surface area contributed by atoms with Crippen LogP contribution in [0.15, 0.2) is 24.3 Å². The zero-order valence-corrected chi connectivity index (χ0v) is 8.53. The van der Waals surface area contributed by atoms with Crippen molar-refractivity contribution < 1.29 is 5.11 Å². The monoisotopic (exact) mass is 194 g/mol. The lowest BCUT2D eigenvalue weighted by Gasteiger charge is -2.16. The SMILES string of the molecule is Cc1ccc(C(CN)NCCO)cc1. The van der Waals surface area contributed by atoms with Gasteiger partial charge in [-0.3, -0.25) is 0 Å². The van der Waals surface area contributed by atoms with E-state index in [4.69, 9.17) is 10.8 Å². The van der Waals surface area contributed by atoms with Gasteiger partial charge in [0.2, 0.25) is 0 Å². The van der Waals surface area contributed by atoms with Gasteiger partial charge in [0.25, 0.3) is 0 Å². The van der Waals surface area contributed by atoms with Gasteiger partial charge in [-0.1, -0.05) is 29.8 Å². The highest BCUT2D eigenvalue weighted by Gasteiger charge is 2.07. The summed E-state index contributed by atoms with van der Waals surface area (Å²) in [5, 5.41) is 11.9. The Morgan fingerprint density at radius 3 is 2.50 bits per heavy atom. The van der Waals surface area contributed by atoms with E-state index in [1.807, 2.05) is 0 Å². The molecule has 0 aliphatic heterocycles. The molecule has 0 fully saturated rings. The predicted molar refractivity (Wildman–Crippen MR) is 58.1 cm³/mol. The number of nitrogens with two attached hydrogens (primary N) is 1. The molecule has 78 valence electrons. The van der Waals surface area contributed by atoms with E-state index in [2.05, 4.69) is 36.5 Å². The Hall–Kier alpha value is -0.900. The first-order valence-corrected chi connectivity index (χ1v) is 4.88. The minimum absolute atomic E-state index is 0.141. The van der Waals surface area contributed by atoms with Gasteiger partial charge in [0.15, 0.2) is 0 Å². The van der Waals surface area contributed by atoms with Gasteiger partial charge >= 0.3 is 0 Å². The van der Waals surface area contributed by atoms with Crippen molar-refractivity contribution in [2.45, 2.75) is 13.0 Å². The molecule has 1 rings (SSSR count). The zero-order valence-electron chi connectivity index (χ0n) is 8.53. The molecule has 4 N–H and O–H groups in total. The van der Waals surface area contributed by atoms with Gasteiger partial charge in [-0.15, -0.1) is 0 Å². The highest BCUT2D eigenvalue weighted by atomic mass is 16.3. The number of benzene rings is 1. The fourth-order valence-electron chi connectivity index (χ4n) is 1.37. The van der Waals surface area contributed by atoms with Crippen LogP contribution in [0.4, 0.5) is 0 Å². The number of nitrogens with one attached hydrogen (secondary N) is 1. The molecule has 0 bridgehead atoms. The molecule has 0 saturated heterocycles. The fourth-order valence-corrected chi connectivity index (χ4v) is 1.37. The minimum atomic E-state index is 0.141. The van der Waals surface area contributed by atoms with Crippen molar-refractivity contribution in [1.82, 2.24) is 5.32 Å². The summed E-state index contributed by atoms with van der Waals surface area (Å²) in [4.78, 5) is 0. The molecule has 3 heteroatoms. The van der Waals surface area contributed by atoms with Crippen LogP contribution in [0.3, 0.4) is 0 Å². The highest BCUT2D eigenvalue weighted by molar-refractivity contribution is 5.24. The summed E-state index contributed by atoms with van der Waals surface area (Å²) in [6.07, 6.45) is 0. The van der Waals surface area contributed by atoms with Crippen molar-refractivity contribution in [2.24, 2.45) is 5.73 Å². The Bertz CT molecular complexity index is 258. The van der Waals surface area contributed by atoms with Crippen LogP contribution in [-0.4, -0.2) is 24.8 Å². The number of aryl methyl sites for hydroxylation is 1. The normalized spacial score (nSPS) is 12.8. The third-order valence-electron chi connectivity index (χ3n) is 2.22. The quantitative estimate of drug-likeness (QED) is 0.642. The van der Waals surface area contributed by atoms with Crippen LogP contribution in [0.1, 0.15) is 17.2 Å². The van der Waals surface area contributed by atoms with Crippen LogP contribution in [0, 0.1) is 6.92 Å². The van der Waals surface area contributed by atoms with Crippen LogP contribution in [-0.2, 0) is 0 Å². The first-order valence-electron chi connectivity index (χ1n) is 4.88. The number of aliphatic hydroxyl groups is 1. The molecule has 1 aromatic rings. The second-order valence-corrected chi connectivity index (χ2v) is 3.38. The molecule has 1 unspecified atom stereocenters. The highest BCUT2D eigenvalue weighted by Crippen LogP contribution is 2.12. The average molecular weight is 194 g/mol. The Morgan fingerprint density at radius 2 is 2.00 bits per heavy atom. The second kappa shape index (κ2) is 5.75. The third kappa shape index (κ3) is 3.10. The molecular weight excluding hydrogens is 176 g/mol. The van der Waals surface area contributed by atoms with Crippen molar-refractivity contribution >= 4 is 0 Å². The van der Waals surface area contributed by atoms with E-state index in [0.29, 0.717) is 13.1 Å². The van der Waals surface area contributed by atoms with Crippen molar-refractivity contribution in [3.8, 4) is 0 Å². The smallest absolute Gasteiger partial charge is 0.0556 e. The standard InChI is InChI=1S/C11H18N2O/c1-9-2-4-10(5-3-9)11(8-12)13-6-7-14/h2-5,11,13-14H,6-8,12H2,1H3. The van der Waals surface area contributed by atoms with Crippen LogP contribution in [0.25, 0.3) is 0 Å². The maximum absolute atomic E-state index is 8.70. The molecule has 0 aliphatic carbocycles. The summed E-state index contributed by atoms with van der Waals surface area (Å²) in [7, 11) is 0. The largest absolute Gasteiger partial charge is 0.395 e. The van der Waals surface area contributed by atoms with Gasteiger partial charge in [-0.25, -0.2) is 0 Å². The van der Waals surface area contributed by atoms with Crippen LogP contribution in [0.5, 0.6) is 0 Å². The summed E-state index contributed by atoms with van der Waals surface area (Å²) in [5.41, 5.74) is 8.05. The molecule has 14 heavy (non-hydrogen) atoms. The molecule has 0 spiro atoms. The van der Waals surface area contributed by atoms with Gasteiger partial charge in [0, 0.05) is 19.1 Å². The van der Waals surface area contributed by atoms with Crippen molar-refractivity contribution in [3.63, 3.8) is 0 Å². The first-order chi connectivity index (χ1) is 6.77. The summed E-state index contributed by atoms with van der Waals surface area (Å²) in [6, 6.07) is 8.41.